The van der Waals surface area contributed by atoms with Gasteiger partial charge in [-0.25, -0.2) is 0 Å². The predicted molar refractivity (Wildman–Crippen MR) is 134 cm³/mol. The van der Waals surface area contributed by atoms with Crippen LogP contribution in [0.4, 0.5) is 0 Å². The van der Waals surface area contributed by atoms with Crippen LogP contribution in [0, 0.1) is 45.3 Å². The van der Waals surface area contributed by atoms with E-state index in [4.69, 9.17) is 4.74 Å². The van der Waals surface area contributed by atoms with Crippen molar-refractivity contribution in [1.29, 1.82) is 0 Å². The molecule has 0 unspecified atom stereocenters. The Morgan fingerprint density at radius 2 is 1.76 bits per heavy atom. The Bertz CT molecular complexity index is 892. The normalized spacial score (nSPS) is 51.1. The summed E-state index contributed by atoms with van der Waals surface area (Å²) >= 11 is 0. The highest BCUT2D eigenvalue weighted by molar-refractivity contribution is 5.86. The fourth-order valence-electron chi connectivity index (χ4n) is 10.0. The van der Waals surface area contributed by atoms with E-state index >= 15 is 0 Å². The first-order valence-corrected chi connectivity index (χ1v) is 14.0. The van der Waals surface area contributed by atoms with E-state index in [2.05, 4.69) is 47.6 Å². The van der Waals surface area contributed by atoms with E-state index < -0.39 is 5.41 Å². The van der Waals surface area contributed by atoms with Crippen LogP contribution in [0.2, 0.25) is 0 Å². The van der Waals surface area contributed by atoms with Crippen LogP contribution in [-0.2, 0) is 9.53 Å². The molecular weight excluding hydrogens is 424 g/mol. The summed E-state index contributed by atoms with van der Waals surface area (Å²) in [6.45, 7) is 16.0. The summed E-state index contributed by atoms with van der Waals surface area (Å²) in [5, 5.41) is 21.1. The second-order valence-corrected chi connectivity index (χ2v) is 14.4. The lowest BCUT2D eigenvalue weighted by Gasteiger charge is -2.63. The molecule has 0 amide bonds. The molecular formula is C30H48O4. The zero-order chi connectivity index (χ0) is 24.9. The molecule has 4 aliphatic carbocycles. The van der Waals surface area contributed by atoms with Gasteiger partial charge in [-0.05, 0) is 98.7 Å². The number of rotatable bonds is 5. The third kappa shape index (κ3) is 3.16. The maximum Gasteiger partial charge on any atom is 0.141 e. The van der Waals surface area contributed by atoms with Gasteiger partial charge in [-0.1, -0.05) is 46.3 Å². The van der Waals surface area contributed by atoms with Crippen LogP contribution >= 0.6 is 0 Å². The van der Waals surface area contributed by atoms with E-state index in [0.29, 0.717) is 24.2 Å². The highest BCUT2D eigenvalue weighted by Gasteiger charge is 2.66. The number of aliphatic hydroxyl groups is 2. The molecule has 34 heavy (non-hydrogen) atoms. The number of ketones is 1. The first-order valence-electron chi connectivity index (χ1n) is 14.0. The first kappa shape index (κ1) is 25.0. The molecule has 5 rings (SSSR count). The van der Waals surface area contributed by atoms with Crippen molar-refractivity contribution in [1.82, 2.24) is 0 Å². The highest BCUT2D eigenvalue weighted by Crippen LogP contribution is 2.73. The van der Waals surface area contributed by atoms with Crippen molar-refractivity contribution in [3.05, 3.63) is 11.6 Å². The molecule has 1 saturated heterocycles. The standard InChI is InChI=1S/C30H48O4/c1-18(16-22(32)25-26(2,3)34-25)19-10-14-30(7)21-8-9-23-27(4,20(21)11-15-29(19,30)6)13-12-24(33)28(23,5)17-31/h8,18-20,22-23,25,31-32H,9-17H2,1-7H3/t18-,19-,20-,22+,23+,25-,27+,28+,29-,30+/m0/s1. The van der Waals surface area contributed by atoms with E-state index in [1.165, 1.54) is 25.7 Å². The third-order valence-electron chi connectivity index (χ3n) is 12.5. The summed E-state index contributed by atoms with van der Waals surface area (Å²) < 4.78 is 5.75. The first-order chi connectivity index (χ1) is 15.7. The Hall–Kier alpha value is -0.710. The lowest BCUT2D eigenvalue weighted by Crippen LogP contribution is -2.58. The molecule has 0 spiro atoms. The van der Waals surface area contributed by atoms with Crippen molar-refractivity contribution in [2.24, 2.45) is 45.3 Å². The molecule has 0 aromatic rings. The Kier molecular flexibility index (Phi) is 5.62. The molecule has 4 fully saturated rings. The van der Waals surface area contributed by atoms with Gasteiger partial charge in [-0.2, -0.15) is 0 Å². The number of carbonyl (C=O) groups is 1. The van der Waals surface area contributed by atoms with Crippen molar-refractivity contribution >= 4 is 5.78 Å². The minimum Gasteiger partial charge on any atom is -0.395 e. The number of hydrogen-bond acceptors (Lipinski definition) is 4. The summed E-state index contributed by atoms with van der Waals surface area (Å²) in [7, 11) is 0. The van der Waals surface area contributed by atoms with Gasteiger partial charge in [0.05, 0.1) is 23.7 Å². The van der Waals surface area contributed by atoms with Crippen molar-refractivity contribution < 1.29 is 19.7 Å². The maximum atomic E-state index is 12.9. The Balaban J connectivity index is 1.41. The van der Waals surface area contributed by atoms with Gasteiger partial charge in [0.1, 0.15) is 11.9 Å². The number of allylic oxidation sites excluding steroid dienone is 2. The zero-order valence-electron chi connectivity index (χ0n) is 22.6. The van der Waals surface area contributed by atoms with Gasteiger partial charge >= 0.3 is 0 Å². The average Bonchev–Trinajstić information content (AvgIpc) is 3.32. The molecule has 0 aromatic carbocycles. The number of ether oxygens (including phenoxy) is 1. The van der Waals surface area contributed by atoms with Gasteiger partial charge in [-0.15, -0.1) is 0 Å². The molecule has 2 N–H and O–H groups in total. The quantitative estimate of drug-likeness (QED) is 0.398. The highest BCUT2D eigenvalue weighted by atomic mass is 16.6. The summed E-state index contributed by atoms with van der Waals surface area (Å²) in [4.78, 5) is 12.9. The molecule has 5 aliphatic rings. The SMILES string of the molecule is C[C@@H](C[C@@H](O)[C@@H]1OC1(C)C)[C@@H]1CC[C@]2(C)C3=CC[C@@H]4[C@](C)(CCC(=O)[C@]4(C)CO)[C@H]3CC[C@@]12C. The van der Waals surface area contributed by atoms with E-state index in [0.717, 1.165) is 19.3 Å². The average molecular weight is 473 g/mol. The fourth-order valence-corrected chi connectivity index (χ4v) is 10.0. The van der Waals surface area contributed by atoms with Gasteiger partial charge in [-0.3, -0.25) is 4.79 Å². The Morgan fingerprint density at radius 3 is 2.38 bits per heavy atom. The molecule has 3 saturated carbocycles. The number of aliphatic hydroxyl groups excluding tert-OH is 2. The molecule has 4 nitrogen and oxygen atoms in total. The minimum absolute atomic E-state index is 0.0148. The van der Waals surface area contributed by atoms with E-state index in [1.807, 2.05) is 6.92 Å². The molecule has 10 atom stereocenters. The Morgan fingerprint density at radius 1 is 1.09 bits per heavy atom. The monoisotopic (exact) mass is 472 g/mol. The smallest absolute Gasteiger partial charge is 0.141 e. The number of hydrogen-bond donors (Lipinski definition) is 2. The largest absolute Gasteiger partial charge is 0.395 e. The van der Waals surface area contributed by atoms with Crippen LogP contribution < -0.4 is 0 Å². The summed E-state index contributed by atoms with van der Waals surface area (Å²) in [5.74, 6) is 2.09. The predicted octanol–water partition coefficient (Wildman–Crippen LogP) is 5.70. The lowest BCUT2D eigenvalue weighted by atomic mass is 9.41. The summed E-state index contributed by atoms with van der Waals surface area (Å²) in [6.07, 6.45) is 10.3. The second-order valence-electron chi connectivity index (χ2n) is 14.4. The van der Waals surface area contributed by atoms with Crippen LogP contribution in [0.15, 0.2) is 11.6 Å². The van der Waals surface area contributed by atoms with Gasteiger partial charge in [0.2, 0.25) is 0 Å². The number of Topliss-reactive ketones (excluding diaryl/α,β-unsaturated/α-hetero) is 1. The van der Waals surface area contributed by atoms with Gasteiger partial charge in [0, 0.05) is 6.42 Å². The van der Waals surface area contributed by atoms with E-state index in [-0.39, 0.29) is 52.4 Å². The minimum atomic E-state index is -0.599. The van der Waals surface area contributed by atoms with Crippen molar-refractivity contribution in [3.63, 3.8) is 0 Å². The number of carbonyl (C=O) groups excluding carboxylic acids is 1. The molecule has 4 heteroatoms. The molecule has 1 heterocycles. The number of fused-ring (bicyclic) bond motifs is 5. The number of epoxide rings is 1. The van der Waals surface area contributed by atoms with E-state index in [9.17, 15) is 15.0 Å². The molecule has 0 radical (unpaired) electrons. The van der Waals surface area contributed by atoms with Crippen molar-refractivity contribution in [2.45, 2.75) is 118 Å². The third-order valence-corrected chi connectivity index (χ3v) is 12.5. The summed E-state index contributed by atoms with van der Waals surface area (Å²) in [5.41, 5.74) is 1.40. The van der Waals surface area contributed by atoms with Crippen LogP contribution in [0.3, 0.4) is 0 Å². The molecule has 192 valence electrons. The lowest BCUT2D eigenvalue weighted by molar-refractivity contribution is -0.153. The van der Waals surface area contributed by atoms with Gasteiger partial charge < -0.3 is 14.9 Å². The van der Waals surface area contributed by atoms with E-state index in [1.54, 1.807) is 5.57 Å². The zero-order valence-corrected chi connectivity index (χ0v) is 22.6. The Labute approximate surface area is 206 Å². The molecule has 0 bridgehead atoms. The maximum absolute atomic E-state index is 12.9. The fraction of sp³-hybridized carbons (Fsp3) is 0.900. The molecule has 0 aromatic heterocycles. The van der Waals surface area contributed by atoms with Crippen LogP contribution in [-0.4, -0.2) is 40.4 Å². The van der Waals surface area contributed by atoms with Crippen LogP contribution in [0.25, 0.3) is 0 Å². The van der Waals surface area contributed by atoms with Crippen LogP contribution in [0.5, 0.6) is 0 Å². The van der Waals surface area contributed by atoms with Crippen molar-refractivity contribution in [3.8, 4) is 0 Å². The summed E-state index contributed by atoms with van der Waals surface area (Å²) in [6, 6.07) is 0. The molecule has 1 aliphatic heterocycles. The van der Waals surface area contributed by atoms with Crippen LogP contribution in [0.1, 0.15) is 99.8 Å². The van der Waals surface area contributed by atoms with Gasteiger partial charge in [0.25, 0.3) is 0 Å². The topological polar surface area (TPSA) is 70.1 Å². The van der Waals surface area contributed by atoms with Crippen molar-refractivity contribution in [2.75, 3.05) is 6.61 Å². The second kappa shape index (κ2) is 7.65. The van der Waals surface area contributed by atoms with Gasteiger partial charge in [0.15, 0.2) is 0 Å².